The summed E-state index contributed by atoms with van der Waals surface area (Å²) in [4.78, 5) is 16.2. The lowest BCUT2D eigenvalue weighted by atomic mass is 10.2. The molecule has 1 fully saturated rings. The van der Waals surface area contributed by atoms with E-state index < -0.39 is 0 Å². The summed E-state index contributed by atoms with van der Waals surface area (Å²) in [5, 5.41) is 3.00. The topological polar surface area (TPSA) is 55.2 Å². The second kappa shape index (κ2) is 9.46. The number of rotatable bonds is 7. The molecular formula is C22H30N3O3+. The zero-order valence-corrected chi connectivity index (χ0v) is 17.0. The Hall–Kier alpha value is -2.73. The summed E-state index contributed by atoms with van der Waals surface area (Å²) < 4.78 is 11.1. The molecule has 0 radical (unpaired) electrons. The van der Waals surface area contributed by atoms with Crippen molar-refractivity contribution in [2.24, 2.45) is 0 Å². The second-order valence-electron chi connectivity index (χ2n) is 7.07. The molecule has 0 aliphatic carbocycles. The number of methoxy groups -OCH3 is 1. The van der Waals surface area contributed by atoms with Gasteiger partial charge in [-0.1, -0.05) is 18.2 Å². The number of para-hydroxylation sites is 2. The van der Waals surface area contributed by atoms with Crippen molar-refractivity contribution in [1.29, 1.82) is 0 Å². The highest BCUT2D eigenvalue weighted by Crippen LogP contribution is 2.28. The molecule has 1 amide bonds. The van der Waals surface area contributed by atoms with Crippen LogP contribution in [0.3, 0.4) is 0 Å². The van der Waals surface area contributed by atoms with Crippen LogP contribution in [0.15, 0.2) is 42.5 Å². The fourth-order valence-corrected chi connectivity index (χ4v) is 3.58. The number of benzene rings is 2. The molecule has 0 spiro atoms. The highest BCUT2D eigenvalue weighted by Gasteiger charge is 2.24. The Morgan fingerprint density at radius 2 is 1.89 bits per heavy atom. The number of hydrogen-bond donors (Lipinski definition) is 2. The SMILES string of the molecule is CCOc1ccccc1N1CC[NH+](CC(=O)Nc2cc(C)ccc2OC)CC1. The maximum atomic E-state index is 12.5. The Balaban J connectivity index is 1.55. The summed E-state index contributed by atoms with van der Waals surface area (Å²) in [6.45, 7) is 8.75. The molecule has 0 bridgehead atoms. The smallest absolute Gasteiger partial charge is 0.279 e. The average Bonchev–Trinajstić information content (AvgIpc) is 2.69. The van der Waals surface area contributed by atoms with E-state index in [1.165, 1.54) is 4.90 Å². The maximum Gasteiger partial charge on any atom is 0.279 e. The molecule has 0 saturated carbocycles. The van der Waals surface area contributed by atoms with Gasteiger partial charge in [0.15, 0.2) is 6.54 Å². The van der Waals surface area contributed by atoms with Crippen LogP contribution < -0.4 is 24.6 Å². The van der Waals surface area contributed by atoms with Gasteiger partial charge in [-0.25, -0.2) is 0 Å². The van der Waals surface area contributed by atoms with Crippen LogP contribution in [-0.4, -0.2) is 52.3 Å². The van der Waals surface area contributed by atoms with Gasteiger partial charge in [-0.05, 0) is 43.7 Å². The van der Waals surface area contributed by atoms with Crippen molar-refractivity contribution >= 4 is 17.3 Å². The number of aryl methyl sites for hydroxylation is 1. The monoisotopic (exact) mass is 384 g/mol. The number of amides is 1. The first-order valence-corrected chi connectivity index (χ1v) is 9.85. The van der Waals surface area contributed by atoms with Crippen molar-refractivity contribution in [3.8, 4) is 11.5 Å². The first-order valence-electron chi connectivity index (χ1n) is 9.85. The third kappa shape index (κ3) is 4.95. The molecule has 1 heterocycles. The predicted molar refractivity (Wildman–Crippen MR) is 112 cm³/mol. The maximum absolute atomic E-state index is 12.5. The van der Waals surface area contributed by atoms with Crippen LogP contribution in [0, 0.1) is 6.92 Å². The number of carbonyl (C=O) groups is 1. The van der Waals surface area contributed by atoms with E-state index in [4.69, 9.17) is 9.47 Å². The zero-order chi connectivity index (χ0) is 19.9. The van der Waals surface area contributed by atoms with Gasteiger partial charge in [-0.15, -0.1) is 0 Å². The van der Waals surface area contributed by atoms with Crippen LogP contribution in [0.2, 0.25) is 0 Å². The minimum atomic E-state index is 0.0158. The number of anilines is 2. The summed E-state index contributed by atoms with van der Waals surface area (Å²) in [6.07, 6.45) is 0. The minimum Gasteiger partial charge on any atom is -0.495 e. The van der Waals surface area contributed by atoms with Gasteiger partial charge in [0.25, 0.3) is 5.91 Å². The Morgan fingerprint density at radius 1 is 1.14 bits per heavy atom. The lowest BCUT2D eigenvalue weighted by Gasteiger charge is -2.34. The first kappa shape index (κ1) is 20.0. The summed E-state index contributed by atoms with van der Waals surface area (Å²) >= 11 is 0. The molecule has 0 unspecified atom stereocenters. The van der Waals surface area contributed by atoms with Gasteiger partial charge in [0, 0.05) is 0 Å². The van der Waals surface area contributed by atoms with Gasteiger partial charge in [0.05, 0.1) is 51.3 Å². The van der Waals surface area contributed by atoms with Gasteiger partial charge >= 0.3 is 0 Å². The fourth-order valence-electron chi connectivity index (χ4n) is 3.58. The number of quaternary nitrogens is 1. The van der Waals surface area contributed by atoms with E-state index in [0.717, 1.165) is 48.9 Å². The van der Waals surface area contributed by atoms with Crippen LogP contribution >= 0.6 is 0 Å². The van der Waals surface area contributed by atoms with Crippen LogP contribution in [0.4, 0.5) is 11.4 Å². The fraction of sp³-hybridized carbons (Fsp3) is 0.409. The molecule has 1 aliphatic rings. The first-order chi connectivity index (χ1) is 13.6. The van der Waals surface area contributed by atoms with E-state index in [1.807, 2.05) is 50.2 Å². The molecule has 1 aliphatic heterocycles. The molecule has 6 heteroatoms. The minimum absolute atomic E-state index is 0.0158. The van der Waals surface area contributed by atoms with Crippen molar-refractivity contribution in [2.45, 2.75) is 13.8 Å². The third-order valence-electron chi connectivity index (χ3n) is 5.02. The number of carbonyl (C=O) groups excluding carboxylic acids is 1. The van der Waals surface area contributed by atoms with Crippen LogP contribution in [0.1, 0.15) is 12.5 Å². The molecule has 0 aromatic heterocycles. The highest BCUT2D eigenvalue weighted by atomic mass is 16.5. The highest BCUT2D eigenvalue weighted by molar-refractivity contribution is 5.93. The van der Waals surface area contributed by atoms with Gasteiger partial charge in [0.1, 0.15) is 11.5 Å². The van der Waals surface area contributed by atoms with Gasteiger partial charge < -0.3 is 24.6 Å². The lowest BCUT2D eigenvalue weighted by Crippen LogP contribution is -3.15. The van der Waals surface area contributed by atoms with Crippen molar-refractivity contribution < 1.29 is 19.2 Å². The zero-order valence-electron chi connectivity index (χ0n) is 17.0. The van der Waals surface area contributed by atoms with E-state index in [0.29, 0.717) is 18.9 Å². The van der Waals surface area contributed by atoms with Crippen molar-refractivity contribution in [3.05, 3.63) is 48.0 Å². The van der Waals surface area contributed by atoms with E-state index in [1.54, 1.807) is 7.11 Å². The normalized spacial score (nSPS) is 14.6. The number of nitrogens with zero attached hydrogens (tertiary/aromatic N) is 1. The van der Waals surface area contributed by atoms with Gasteiger partial charge in [-0.3, -0.25) is 4.79 Å². The van der Waals surface area contributed by atoms with E-state index in [2.05, 4.69) is 16.3 Å². The van der Waals surface area contributed by atoms with E-state index in [9.17, 15) is 4.79 Å². The number of piperazine rings is 1. The number of nitrogens with one attached hydrogen (secondary N) is 2. The average molecular weight is 385 g/mol. The van der Waals surface area contributed by atoms with Crippen LogP contribution in [-0.2, 0) is 4.79 Å². The summed E-state index contributed by atoms with van der Waals surface area (Å²) in [5.74, 6) is 1.63. The van der Waals surface area contributed by atoms with Crippen molar-refractivity contribution in [2.75, 3.05) is 56.7 Å². The Kier molecular flexibility index (Phi) is 6.76. The Morgan fingerprint density at radius 3 is 2.61 bits per heavy atom. The summed E-state index contributed by atoms with van der Waals surface area (Å²) in [7, 11) is 1.62. The Labute approximate surface area is 167 Å². The Bertz CT molecular complexity index is 801. The largest absolute Gasteiger partial charge is 0.495 e. The molecule has 6 nitrogen and oxygen atoms in total. The van der Waals surface area contributed by atoms with Crippen molar-refractivity contribution in [1.82, 2.24) is 0 Å². The second-order valence-corrected chi connectivity index (χ2v) is 7.07. The quantitative estimate of drug-likeness (QED) is 0.764. The summed E-state index contributed by atoms with van der Waals surface area (Å²) in [5.41, 5.74) is 2.96. The van der Waals surface area contributed by atoms with Gasteiger partial charge in [-0.2, -0.15) is 0 Å². The molecular weight excluding hydrogens is 354 g/mol. The van der Waals surface area contributed by atoms with Gasteiger partial charge in [0.2, 0.25) is 0 Å². The predicted octanol–water partition coefficient (Wildman–Crippen LogP) is 1.75. The molecule has 2 aromatic carbocycles. The molecule has 2 N–H and O–H groups in total. The molecule has 0 atom stereocenters. The molecule has 28 heavy (non-hydrogen) atoms. The van der Waals surface area contributed by atoms with Crippen molar-refractivity contribution in [3.63, 3.8) is 0 Å². The number of hydrogen-bond acceptors (Lipinski definition) is 4. The summed E-state index contributed by atoms with van der Waals surface area (Å²) in [6, 6.07) is 14.0. The standard InChI is InChI=1S/C22H29N3O3/c1-4-28-21-8-6-5-7-19(21)25-13-11-24(12-14-25)16-22(26)23-18-15-17(2)9-10-20(18)27-3/h5-10,15H,4,11-14,16H2,1-3H3,(H,23,26)/p+1. The molecule has 150 valence electrons. The van der Waals surface area contributed by atoms with E-state index in [-0.39, 0.29) is 5.91 Å². The molecule has 2 aromatic rings. The van der Waals surface area contributed by atoms with Crippen LogP contribution in [0.25, 0.3) is 0 Å². The lowest BCUT2D eigenvalue weighted by molar-refractivity contribution is -0.892. The number of ether oxygens (including phenoxy) is 2. The van der Waals surface area contributed by atoms with E-state index >= 15 is 0 Å². The third-order valence-corrected chi connectivity index (χ3v) is 5.02. The van der Waals surface area contributed by atoms with Crippen LogP contribution in [0.5, 0.6) is 11.5 Å². The molecule has 1 saturated heterocycles. The molecule has 3 rings (SSSR count).